The van der Waals surface area contributed by atoms with Gasteiger partial charge in [-0.25, -0.2) is 0 Å². The average molecular weight is 329 g/mol. The highest BCUT2D eigenvalue weighted by atomic mass is 35.5. The molecule has 0 spiro atoms. The Morgan fingerprint density at radius 2 is 2.10 bits per heavy atom. The number of fused-ring (bicyclic) bond motifs is 1. The zero-order valence-corrected chi connectivity index (χ0v) is 13.6. The summed E-state index contributed by atoms with van der Waals surface area (Å²) >= 11 is 12.4. The number of hydrogen-bond donors (Lipinski definition) is 1. The molecular formula is C16H22Cl2N2O. The van der Waals surface area contributed by atoms with E-state index in [0.717, 1.165) is 25.1 Å². The molecule has 3 atom stereocenters. The van der Waals surface area contributed by atoms with E-state index in [9.17, 15) is 0 Å². The molecule has 1 aromatic carbocycles. The Bertz CT molecular complexity index is 495. The first-order valence-electron chi connectivity index (χ1n) is 7.73. The SMILES string of the molecule is NCC(c1ccc(Cl)cc1Cl)N1CCOC2CCCCC21. The van der Waals surface area contributed by atoms with Gasteiger partial charge >= 0.3 is 0 Å². The minimum Gasteiger partial charge on any atom is -0.375 e. The van der Waals surface area contributed by atoms with Gasteiger partial charge in [-0.2, -0.15) is 0 Å². The van der Waals surface area contributed by atoms with Crippen molar-refractivity contribution >= 4 is 23.2 Å². The lowest BCUT2D eigenvalue weighted by atomic mass is 9.88. The normalized spacial score (nSPS) is 28.1. The van der Waals surface area contributed by atoms with Crippen LogP contribution in [-0.2, 0) is 4.74 Å². The molecule has 3 rings (SSSR count). The Kier molecular flexibility index (Phi) is 5.07. The first-order valence-corrected chi connectivity index (χ1v) is 8.48. The Balaban J connectivity index is 1.87. The second-order valence-electron chi connectivity index (χ2n) is 5.92. The summed E-state index contributed by atoms with van der Waals surface area (Å²) in [6.45, 7) is 2.26. The molecule has 2 N–H and O–H groups in total. The van der Waals surface area contributed by atoms with Crippen molar-refractivity contribution in [1.29, 1.82) is 0 Å². The minimum atomic E-state index is 0.143. The number of benzene rings is 1. The van der Waals surface area contributed by atoms with Crippen LogP contribution >= 0.6 is 23.2 Å². The quantitative estimate of drug-likeness (QED) is 0.920. The van der Waals surface area contributed by atoms with Gasteiger partial charge in [0, 0.05) is 35.2 Å². The first-order chi connectivity index (χ1) is 10.2. The number of morpholine rings is 1. The highest BCUT2D eigenvalue weighted by molar-refractivity contribution is 6.35. The van der Waals surface area contributed by atoms with Crippen LogP contribution in [0.3, 0.4) is 0 Å². The molecule has 2 fully saturated rings. The summed E-state index contributed by atoms with van der Waals surface area (Å²) in [5, 5.41) is 1.37. The zero-order chi connectivity index (χ0) is 14.8. The number of hydrogen-bond acceptors (Lipinski definition) is 3. The third kappa shape index (κ3) is 3.22. The van der Waals surface area contributed by atoms with E-state index in [0.29, 0.717) is 28.7 Å². The molecule has 0 amide bonds. The molecule has 1 heterocycles. The van der Waals surface area contributed by atoms with Gasteiger partial charge in [-0.3, -0.25) is 4.90 Å². The third-order valence-electron chi connectivity index (χ3n) is 4.72. The van der Waals surface area contributed by atoms with E-state index in [1.807, 2.05) is 12.1 Å². The Labute approximate surface area is 136 Å². The highest BCUT2D eigenvalue weighted by Crippen LogP contribution is 2.36. The lowest BCUT2D eigenvalue weighted by Gasteiger charge is -2.47. The van der Waals surface area contributed by atoms with Crippen molar-refractivity contribution in [3.8, 4) is 0 Å². The smallest absolute Gasteiger partial charge is 0.0731 e. The second kappa shape index (κ2) is 6.84. The Morgan fingerprint density at radius 3 is 2.86 bits per heavy atom. The number of halogens is 2. The monoisotopic (exact) mass is 328 g/mol. The second-order valence-corrected chi connectivity index (χ2v) is 6.76. The van der Waals surface area contributed by atoms with Crippen LogP contribution in [0.2, 0.25) is 10.0 Å². The van der Waals surface area contributed by atoms with Gasteiger partial charge < -0.3 is 10.5 Å². The van der Waals surface area contributed by atoms with E-state index < -0.39 is 0 Å². The fourth-order valence-corrected chi connectivity index (χ4v) is 4.26. The van der Waals surface area contributed by atoms with Gasteiger partial charge in [0.1, 0.15) is 0 Å². The number of ether oxygens (including phenoxy) is 1. The van der Waals surface area contributed by atoms with E-state index in [-0.39, 0.29) is 6.04 Å². The summed E-state index contributed by atoms with van der Waals surface area (Å²) in [6, 6.07) is 6.32. The Hall–Kier alpha value is -0.320. The van der Waals surface area contributed by atoms with Gasteiger partial charge in [0.15, 0.2) is 0 Å². The van der Waals surface area contributed by atoms with Gasteiger partial charge in [0.25, 0.3) is 0 Å². The molecule has 5 heteroatoms. The molecule has 1 aliphatic heterocycles. The average Bonchev–Trinajstić information content (AvgIpc) is 2.50. The zero-order valence-electron chi connectivity index (χ0n) is 12.1. The summed E-state index contributed by atoms with van der Waals surface area (Å²) in [7, 11) is 0. The van der Waals surface area contributed by atoms with Crippen LogP contribution in [0.15, 0.2) is 18.2 Å². The van der Waals surface area contributed by atoms with Crippen molar-refractivity contribution < 1.29 is 4.74 Å². The van der Waals surface area contributed by atoms with Crippen molar-refractivity contribution in [3.63, 3.8) is 0 Å². The molecule has 1 saturated heterocycles. The summed E-state index contributed by atoms with van der Waals surface area (Å²) < 4.78 is 5.96. The van der Waals surface area contributed by atoms with Crippen LogP contribution in [0, 0.1) is 0 Å². The van der Waals surface area contributed by atoms with Crippen molar-refractivity contribution in [2.45, 2.75) is 43.9 Å². The van der Waals surface area contributed by atoms with Crippen LogP contribution in [0.25, 0.3) is 0 Å². The summed E-state index contributed by atoms with van der Waals surface area (Å²) in [5.74, 6) is 0. The summed E-state index contributed by atoms with van der Waals surface area (Å²) in [5.41, 5.74) is 7.17. The molecule has 1 aromatic rings. The topological polar surface area (TPSA) is 38.5 Å². The molecule has 2 aliphatic rings. The molecule has 21 heavy (non-hydrogen) atoms. The predicted octanol–water partition coefficient (Wildman–Crippen LogP) is 3.64. The third-order valence-corrected chi connectivity index (χ3v) is 5.28. The highest BCUT2D eigenvalue weighted by Gasteiger charge is 2.38. The van der Waals surface area contributed by atoms with Crippen molar-refractivity contribution in [2.75, 3.05) is 19.7 Å². The number of nitrogens with zero attached hydrogens (tertiary/aromatic N) is 1. The molecule has 0 radical (unpaired) electrons. The maximum atomic E-state index is 6.40. The molecule has 1 saturated carbocycles. The molecule has 0 aromatic heterocycles. The minimum absolute atomic E-state index is 0.143. The fourth-order valence-electron chi connectivity index (χ4n) is 3.73. The van der Waals surface area contributed by atoms with E-state index in [1.54, 1.807) is 6.07 Å². The molecular weight excluding hydrogens is 307 g/mol. The van der Waals surface area contributed by atoms with Gasteiger partial charge in [-0.1, -0.05) is 42.1 Å². The molecule has 116 valence electrons. The van der Waals surface area contributed by atoms with Gasteiger partial charge in [-0.05, 0) is 30.5 Å². The predicted molar refractivity (Wildman–Crippen MR) is 87.0 cm³/mol. The maximum Gasteiger partial charge on any atom is 0.0731 e. The molecule has 3 unspecified atom stereocenters. The van der Waals surface area contributed by atoms with E-state index in [4.69, 9.17) is 33.7 Å². The van der Waals surface area contributed by atoms with Crippen LogP contribution in [0.5, 0.6) is 0 Å². The van der Waals surface area contributed by atoms with Crippen LogP contribution < -0.4 is 5.73 Å². The van der Waals surface area contributed by atoms with E-state index >= 15 is 0 Å². The summed E-state index contributed by atoms with van der Waals surface area (Å²) in [4.78, 5) is 2.50. The van der Waals surface area contributed by atoms with Crippen LogP contribution in [0.4, 0.5) is 0 Å². The van der Waals surface area contributed by atoms with Crippen molar-refractivity contribution in [3.05, 3.63) is 33.8 Å². The fraction of sp³-hybridized carbons (Fsp3) is 0.625. The standard InChI is InChI=1S/C16H22Cl2N2O/c17-11-5-6-12(13(18)9-11)15(10-19)20-7-8-21-16-4-2-1-3-14(16)20/h5-6,9,14-16H,1-4,7-8,10,19H2. The van der Waals surface area contributed by atoms with Crippen LogP contribution in [0.1, 0.15) is 37.3 Å². The molecule has 1 aliphatic carbocycles. The van der Waals surface area contributed by atoms with Gasteiger partial charge in [-0.15, -0.1) is 0 Å². The lowest BCUT2D eigenvalue weighted by Crippen LogP contribution is -2.54. The maximum absolute atomic E-state index is 6.40. The van der Waals surface area contributed by atoms with Crippen molar-refractivity contribution in [1.82, 2.24) is 4.90 Å². The molecule has 0 bridgehead atoms. The summed E-state index contributed by atoms with van der Waals surface area (Å²) in [6.07, 6.45) is 5.24. The van der Waals surface area contributed by atoms with Crippen molar-refractivity contribution in [2.24, 2.45) is 5.73 Å². The lowest BCUT2D eigenvalue weighted by molar-refractivity contribution is -0.102. The van der Waals surface area contributed by atoms with Gasteiger partial charge in [0.05, 0.1) is 12.7 Å². The van der Waals surface area contributed by atoms with Crippen LogP contribution in [-0.4, -0.2) is 36.7 Å². The number of nitrogens with two attached hydrogens (primary N) is 1. The Morgan fingerprint density at radius 1 is 1.29 bits per heavy atom. The largest absolute Gasteiger partial charge is 0.375 e. The van der Waals surface area contributed by atoms with E-state index in [2.05, 4.69) is 4.90 Å². The van der Waals surface area contributed by atoms with E-state index in [1.165, 1.54) is 19.3 Å². The molecule has 3 nitrogen and oxygen atoms in total. The first kappa shape index (κ1) is 15.6. The van der Waals surface area contributed by atoms with Gasteiger partial charge in [0.2, 0.25) is 0 Å². The number of rotatable bonds is 3.